The van der Waals surface area contributed by atoms with E-state index in [-0.39, 0.29) is 6.61 Å². The van der Waals surface area contributed by atoms with Crippen molar-refractivity contribution >= 4 is 6.29 Å². The number of carbonyl (C=O) groups excluding carboxylic acids is 1. The fourth-order valence-electron chi connectivity index (χ4n) is 1.80. The van der Waals surface area contributed by atoms with Crippen LogP contribution in [-0.4, -0.2) is 39.5 Å². The molecule has 5 nitrogen and oxygen atoms in total. The predicted octanol–water partition coefficient (Wildman–Crippen LogP) is 2.59. The molecule has 0 aliphatic carbocycles. The molecule has 0 saturated heterocycles. The topological polar surface area (TPSA) is 54.0 Å². The second-order valence-corrected chi connectivity index (χ2v) is 4.13. The smallest absolute Gasteiger partial charge is 0.191 e. The molecule has 0 aliphatic heterocycles. The van der Waals surface area contributed by atoms with Crippen molar-refractivity contribution in [2.45, 2.75) is 27.1 Å². The van der Waals surface area contributed by atoms with Crippen LogP contribution < -0.4 is 9.47 Å². The van der Waals surface area contributed by atoms with Gasteiger partial charge in [0.1, 0.15) is 18.1 Å². The molecule has 0 atom stereocenters. The van der Waals surface area contributed by atoms with Crippen molar-refractivity contribution in [1.29, 1.82) is 0 Å². The van der Waals surface area contributed by atoms with Crippen LogP contribution in [0.2, 0.25) is 0 Å². The third-order valence-electron chi connectivity index (χ3n) is 2.76. The molecular formula is C15H22O5. The first kappa shape index (κ1) is 16.5. The highest BCUT2D eigenvalue weighted by Gasteiger charge is 2.13. The minimum absolute atomic E-state index is 0.217. The van der Waals surface area contributed by atoms with Crippen molar-refractivity contribution < 1.29 is 23.7 Å². The van der Waals surface area contributed by atoms with Gasteiger partial charge in [-0.1, -0.05) is 0 Å². The van der Waals surface area contributed by atoms with E-state index in [1.807, 2.05) is 20.8 Å². The lowest BCUT2D eigenvalue weighted by Crippen LogP contribution is -2.25. The van der Waals surface area contributed by atoms with Gasteiger partial charge >= 0.3 is 0 Å². The lowest BCUT2D eigenvalue weighted by atomic mass is 10.1. The molecule has 5 heteroatoms. The molecule has 0 radical (unpaired) electrons. The number of rotatable bonds is 9. The molecule has 112 valence electrons. The standard InChI is InChI=1S/C15H22O5/c1-5-18-15(19-6-2)10-20-14-8-12(17-4)7-11(3)13(14)9-16/h7-9,15H,5-6,10H2,1-4H3. The molecule has 0 bridgehead atoms. The molecule has 20 heavy (non-hydrogen) atoms. The molecule has 1 aromatic rings. The van der Waals surface area contributed by atoms with Gasteiger partial charge in [0.2, 0.25) is 0 Å². The number of aldehydes is 1. The van der Waals surface area contributed by atoms with Gasteiger partial charge in [-0.05, 0) is 32.4 Å². The van der Waals surface area contributed by atoms with Gasteiger partial charge in [-0.25, -0.2) is 0 Å². The Labute approximate surface area is 119 Å². The van der Waals surface area contributed by atoms with Gasteiger partial charge < -0.3 is 18.9 Å². The molecule has 0 saturated carbocycles. The van der Waals surface area contributed by atoms with Crippen LogP contribution >= 0.6 is 0 Å². The summed E-state index contributed by atoms with van der Waals surface area (Å²) in [4.78, 5) is 11.2. The van der Waals surface area contributed by atoms with Gasteiger partial charge in [0.25, 0.3) is 0 Å². The third kappa shape index (κ3) is 4.51. The van der Waals surface area contributed by atoms with E-state index in [0.29, 0.717) is 30.3 Å². The third-order valence-corrected chi connectivity index (χ3v) is 2.76. The Bertz CT molecular complexity index is 425. The second kappa shape index (κ2) is 8.55. The average Bonchev–Trinajstić information content (AvgIpc) is 2.44. The summed E-state index contributed by atoms with van der Waals surface area (Å²) >= 11 is 0. The van der Waals surface area contributed by atoms with E-state index in [1.165, 1.54) is 0 Å². The Hall–Kier alpha value is -1.59. The van der Waals surface area contributed by atoms with Gasteiger partial charge in [-0.3, -0.25) is 4.79 Å². The number of ether oxygens (including phenoxy) is 4. The molecular weight excluding hydrogens is 260 g/mol. The minimum atomic E-state index is -0.448. The largest absolute Gasteiger partial charge is 0.497 e. The highest BCUT2D eigenvalue weighted by molar-refractivity contribution is 5.82. The van der Waals surface area contributed by atoms with Crippen molar-refractivity contribution in [3.63, 3.8) is 0 Å². The van der Waals surface area contributed by atoms with E-state index in [9.17, 15) is 4.79 Å². The number of hydrogen-bond donors (Lipinski definition) is 0. The Balaban J connectivity index is 2.84. The van der Waals surface area contributed by atoms with E-state index < -0.39 is 6.29 Å². The Kier molecular flexibility index (Phi) is 7.04. The first-order valence-corrected chi connectivity index (χ1v) is 6.66. The summed E-state index contributed by atoms with van der Waals surface area (Å²) in [5.74, 6) is 1.12. The van der Waals surface area contributed by atoms with Crippen molar-refractivity contribution in [3.8, 4) is 11.5 Å². The number of methoxy groups -OCH3 is 1. The molecule has 1 rings (SSSR count). The van der Waals surface area contributed by atoms with Crippen molar-refractivity contribution in [3.05, 3.63) is 23.3 Å². The quantitative estimate of drug-likeness (QED) is 0.515. The maximum Gasteiger partial charge on any atom is 0.191 e. The first-order chi connectivity index (χ1) is 9.65. The van der Waals surface area contributed by atoms with Crippen molar-refractivity contribution in [2.24, 2.45) is 0 Å². The molecule has 1 aromatic carbocycles. The molecule has 0 aromatic heterocycles. The first-order valence-electron chi connectivity index (χ1n) is 6.66. The molecule has 0 N–H and O–H groups in total. The van der Waals surface area contributed by atoms with Crippen LogP contribution in [0.25, 0.3) is 0 Å². The lowest BCUT2D eigenvalue weighted by molar-refractivity contribution is -0.152. The minimum Gasteiger partial charge on any atom is -0.497 e. The van der Waals surface area contributed by atoms with Crippen LogP contribution in [0.3, 0.4) is 0 Å². The Morgan fingerprint density at radius 2 is 1.85 bits per heavy atom. The van der Waals surface area contributed by atoms with Gasteiger partial charge in [0, 0.05) is 19.3 Å². The van der Waals surface area contributed by atoms with E-state index >= 15 is 0 Å². The summed E-state index contributed by atoms with van der Waals surface area (Å²) in [7, 11) is 1.57. The summed E-state index contributed by atoms with van der Waals surface area (Å²) in [5, 5.41) is 0. The zero-order valence-corrected chi connectivity index (χ0v) is 12.5. The van der Waals surface area contributed by atoms with Crippen LogP contribution in [0.1, 0.15) is 29.8 Å². The van der Waals surface area contributed by atoms with Crippen molar-refractivity contribution in [2.75, 3.05) is 26.9 Å². The number of hydrogen-bond acceptors (Lipinski definition) is 5. The highest BCUT2D eigenvalue weighted by atomic mass is 16.7. The van der Waals surface area contributed by atoms with E-state index in [2.05, 4.69) is 0 Å². The highest BCUT2D eigenvalue weighted by Crippen LogP contribution is 2.27. The maximum absolute atomic E-state index is 11.2. The maximum atomic E-state index is 11.2. The molecule has 0 unspecified atom stereocenters. The summed E-state index contributed by atoms with van der Waals surface area (Å²) in [6.07, 6.45) is 0.330. The molecule has 0 amide bonds. The Morgan fingerprint density at radius 1 is 1.20 bits per heavy atom. The lowest BCUT2D eigenvalue weighted by Gasteiger charge is -2.19. The van der Waals surface area contributed by atoms with Gasteiger partial charge in [-0.15, -0.1) is 0 Å². The summed E-state index contributed by atoms with van der Waals surface area (Å²) in [6, 6.07) is 3.48. The second-order valence-electron chi connectivity index (χ2n) is 4.13. The van der Waals surface area contributed by atoms with E-state index in [1.54, 1.807) is 19.2 Å². The molecule has 0 fully saturated rings. The van der Waals surface area contributed by atoms with E-state index in [0.717, 1.165) is 11.8 Å². The molecule has 0 heterocycles. The normalized spacial score (nSPS) is 10.7. The zero-order chi connectivity index (χ0) is 15.0. The van der Waals surface area contributed by atoms with Gasteiger partial charge in [0.05, 0.1) is 12.7 Å². The fourth-order valence-corrected chi connectivity index (χ4v) is 1.80. The molecule has 0 aliphatic rings. The monoisotopic (exact) mass is 282 g/mol. The fraction of sp³-hybridized carbons (Fsp3) is 0.533. The number of carbonyl (C=O) groups is 1. The average molecular weight is 282 g/mol. The molecule has 0 spiro atoms. The number of aryl methyl sites for hydroxylation is 1. The van der Waals surface area contributed by atoms with Gasteiger partial charge in [-0.2, -0.15) is 0 Å². The zero-order valence-electron chi connectivity index (χ0n) is 12.5. The SMILES string of the molecule is CCOC(COc1cc(OC)cc(C)c1C=O)OCC. The summed E-state index contributed by atoms with van der Waals surface area (Å²) < 4.78 is 21.6. The van der Waals surface area contributed by atoms with Crippen LogP contribution in [0, 0.1) is 6.92 Å². The van der Waals surface area contributed by atoms with Crippen LogP contribution in [0.4, 0.5) is 0 Å². The van der Waals surface area contributed by atoms with E-state index in [4.69, 9.17) is 18.9 Å². The van der Waals surface area contributed by atoms with Crippen molar-refractivity contribution in [1.82, 2.24) is 0 Å². The van der Waals surface area contributed by atoms with Gasteiger partial charge in [0.15, 0.2) is 12.6 Å². The Morgan fingerprint density at radius 3 is 2.35 bits per heavy atom. The van der Waals surface area contributed by atoms with Crippen LogP contribution in [-0.2, 0) is 9.47 Å². The van der Waals surface area contributed by atoms with Crippen LogP contribution in [0.5, 0.6) is 11.5 Å². The number of benzene rings is 1. The predicted molar refractivity (Wildman–Crippen MR) is 75.7 cm³/mol. The van der Waals surface area contributed by atoms with Crippen LogP contribution in [0.15, 0.2) is 12.1 Å². The summed E-state index contributed by atoms with van der Waals surface area (Å²) in [5.41, 5.74) is 1.32. The summed E-state index contributed by atoms with van der Waals surface area (Å²) in [6.45, 7) is 6.89.